The summed E-state index contributed by atoms with van der Waals surface area (Å²) in [4.78, 5) is 26.0. The number of carbonyl (C=O) groups is 2. The molecule has 1 atom stereocenters. The quantitative estimate of drug-likeness (QED) is 0.747. The normalized spacial score (nSPS) is 19.2. The molecule has 4 rings (SSSR count). The van der Waals surface area contributed by atoms with Crippen LogP contribution in [0.4, 0.5) is 14.5 Å². The number of benzene rings is 2. The van der Waals surface area contributed by atoms with E-state index in [0.717, 1.165) is 12.1 Å². The van der Waals surface area contributed by atoms with Crippen LogP contribution in [0.5, 0.6) is 5.75 Å². The van der Waals surface area contributed by atoms with Crippen LogP contribution >= 0.6 is 0 Å². The summed E-state index contributed by atoms with van der Waals surface area (Å²) in [5, 5.41) is 2.67. The van der Waals surface area contributed by atoms with E-state index >= 15 is 0 Å². The lowest BCUT2D eigenvalue weighted by molar-refractivity contribution is -0.123. The number of rotatable bonds is 4. The van der Waals surface area contributed by atoms with Crippen molar-refractivity contribution in [2.45, 2.75) is 24.3 Å². The Kier molecular flexibility index (Phi) is 5.87. The van der Waals surface area contributed by atoms with E-state index in [1.807, 2.05) is 6.92 Å². The first-order valence-electron chi connectivity index (χ1n) is 10.1. The smallest absolute Gasteiger partial charge is 0.265 e. The van der Waals surface area contributed by atoms with Crippen molar-refractivity contribution in [2.24, 2.45) is 0 Å². The van der Waals surface area contributed by atoms with Crippen LogP contribution in [0.1, 0.15) is 23.7 Å². The number of nitrogens with one attached hydrogen (secondary N) is 1. The molecule has 0 spiro atoms. The van der Waals surface area contributed by atoms with E-state index in [4.69, 9.17) is 4.74 Å². The van der Waals surface area contributed by atoms with Gasteiger partial charge in [0, 0.05) is 31.7 Å². The van der Waals surface area contributed by atoms with Crippen LogP contribution in [0, 0.1) is 11.6 Å². The van der Waals surface area contributed by atoms with Gasteiger partial charge in [0.15, 0.2) is 17.7 Å². The minimum atomic E-state index is -3.88. The molecule has 0 bridgehead atoms. The highest BCUT2D eigenvalue weighted by molar-refractivity contribution is 7.89. The van der Waals surface area contributed by atoms with Gasteiger partial charge in [-0.2, -0.15) is 4.31 Å². The summed E-state index contributed by atoms with van der Waals surface area (Å²) in [6, 6.07) is 7.17. The number of sulfonamides is 1. The second kappa shape index (κ2) is 8.47. The third kappa shape index (κ3) is 4.05. The number of hydrogen-bond acceptors (Lipinski definition) is 5. The molecule has 2 aliphatic heterocycles. The summed E-state index contributed by atoms with van der Waals surface area (Å²) in [6.45, 7) is 2.08. The number of nitrogens with zero attached hydrogens (tertiary/aromatic N) is 2. The van der Waals surface area contributed by atoms with Gasteiger partial charge in [-0.1, -0.05) is 6.92 Å². The van der Waals surface area contributed by atoms with Gasteiger partial charge in [-0.25, -0.2) is 17.2 Å². The highest BCUT2D eigenvalue weighted by Gasteiger charge is 2.33. The zero-order chi connectivity index (χ0) is 23.0. The molecule has 8 nitrogen and oxygen atoms in total. The van der Waals surface area contributed by atoms with Gasteiger partial charge in [0.1, 0.15) is 5.75 Å². The Morgan fingerprint density at radius 1 is 1.09 bits per heavy atom. The molecule has 0 radical (unpaired) electrons. The Morgan fingerprint density at radius 2 is 1.81 bits per heavy atom. The number of carbonyl (C=O) groups excluding carboxylic acids is 2. The van der Waals surface area contributed by atoms with E-state index in [-0.39, 0.29) is 48.2 Å². The first-order valence-corrected chi connectivity index (χ1v) is 11.5. The van der Waals surface area contributed by atoms with Gasteiger partial charge in [0.05, 0.1) is 10.6 Å². The van der Waals surface area contributed by atoms with Crippen LogP contribution in [0.2, 0.25) is 0 Å². The van der Waals surface area contributed by atoms with E-state index in [1.165, 1.54) is 33.5 Å². The van der Waals surface area contributed by atoms with E-state index in [0.29, 0.717) is 12.2 Å². The topological polar surface area (TPSA) is 96.0 Å². The maximum Gasteiger partial charge on any atom is 0.265 e. The predicted octanol–water partition coefficient (Wildman–Crippen LogP) is 2.22. The van der Waals surface area contributed by atoms with Gasteiger partial charge in [-0.05, 0) is 42.8 Å². The molecule has 0 aromatic heterocycles. The van der Waals surface area contributed by atoms with Crippen molar-refractivity contribution in [3.8, 4) is 5.75 Å². The molecule has 32 heavy (non-hydrogen) atoms. The number of ether oxygens (including phenoxy) is 1. The molecule has 170 valence electrons. The molecule has 1 N–H and O–H groups in total. The van der Waals surface area contributed by atoms with E-state index in [1.54, 1.807) is 0 Å². The molecule has 0 saturated carbocycles. The summed E-state index contributed by atoms with van der Waals surface area (Å²) >= 11 is 0. The zero-order valence-electron chi connectivity index (χ0n) is 17.2. The van der Waals surface area contributed by atoms with Gasteiger partial charge < -0.3 is 15.0 Å². The number of hydrogen-bond donors (Lipinski definition) is 1. The van der Waals surface area contributed by atoms with Gasteiger partial charge >= 0.3 is 0 Å². The number of anilines is 1. The second-order valence-electron chi connectivity index (χ2n) is 7.49. The largest absolute Gasteiger partial charge is 0.478 e. The number of fused-ring (bicyclic) bond motifs is 1. The Morgan fingerprint density at radius 3 is 2.47 bits per heavy atom. The fourth-order valence-corrected chi connectivity index (χ4v) is 5.10. The Bertz CT molecular complexity index is 1180. The maximum absolute atomic E-state index is 13.4. The Balaban J connectivity index is 1.46. The van der Waals surface area contributed by atoms with Crippen LogP contribution in [0.3, 0.4) is 0 Å². The molecular formula is C21H21F2N3O5S. The predicted molar refractivity (Wildman–Crippen MR) is 111 cm³/mol. The first kappa shape index (κ1) is 22.2. The summed E-state index contributed by atoms with van der Waals surface area (Å²) in [5.41, 5.74) is 0.281. The van der Waals surface area contributed by atoms with Crippen molar-refractivity contribution in [1.82, 2.24) is 9.21 Å². The lowest BCUT2D eigenvalue weighted by atomic mass is 10.1. The van der Waals surface area contributed by atoms with Crippen LogP contribution < -0.4 is 10.1 Å². The fraction of sp³-hybridized carbons (Fsp3) is 0.333. The SMILES string of the molecule is CC[C@@H]1Oc2ccc(S(=O)(=O)N3CCN(C(=O)c4ccc(F)c(F)c4)CC3)cc2NC1=O. The van der Waals surface area contributed by atoms with Crippen molar-refractivity contribution in [1.29, 1.82) is 0 Å². The van der Waals surface area contributed by atoms with Crippen molar-refractivity contribution < 1.29 is 31.5 Å². The van der Waals surface area contributed by atoms with Gasteiger partial charge in [0.25, 0.3) is 11.8 Å². The van der Waals surface area contributed by atoms with E-state index in [9.17, 15) is 26.8 Å². The van der Waals surface area contributed by atoms with Crippen molar-refractivity contribution in [3.63, 3.8) is 0 Å². The first-order chi connectivity index (χ1) is 15.2. The summed E-state index contributed by atoms with van der Waals surface area (Å²) in [5.74, 6) is -2.60. The molecule has 1 fully saturated rings. The standard InChI is InChI=1S/C21H21F2N3O5S/c1-2-18-20(27)24-17-12-14(4-6-19(17)31-18)32(29,30)26-9-7-25(8-10-26)21(28)13-3-5-15(22)16(23)11-13/h3-6,11-12,18H,2,7-10H2,1H3,(H,24,27)/t18-/m0/s1. The van der Waals surface area contributed by atoms with Gasteiger partial charge in [0.2, 0.25) is 10.0 Å². The van der Waals surface area contributed by atoms with Crippen molar-refractivity contribution in [2.75, 3.05) is 31.5 Å². The fourth-order valence-electron chi connectivity index (χ4n) is 3.65. The highest BCUT2D eigenvalue weighted by atomic mass is 32.2. The monoisotopic (exact) mass is 465 g/mol. The average Bonchev–Trinajstić information content (AvgIpc) is 2.79. The lowest BCUT2D eigenvalue weighted by Crippen LogP contribution is -2.50. The maximum atomic E-state index is 13.4. The molecule has 2 aromatic carbocycles. The Labute approximate surface area is 183 Å². The number of halogens is 2. The van der Waals surface area contributed by atoms with Crippen LogP contribution in [0.15, 0.2) is 41.3 Å². The third-order valence-electron chi connectivity index (χ3n) is 5.47. The van der Waals surface area contributed by atoms with Crippen molar-refractivity contribution >= 4 is 27.5 Å². The number of amides is 2. The molecule has 11 heteroatoms. The summed E-state index contributed by atoms with van der Waals surface area (Å²) in [6.07, 6.45) is -0.135. The molecular weight excluding hydrogens is 444 g/mol. The zero-order valence-corrected chi connectivity index (χ0v) is 18.0. The molecule has 2 aliphatic rings. The van der Waals surface area contributed by atoms with Crippen LogP contribution in [-0.4, -0.2) is 61.7 Å². The van der Waals surface area contributed by atoms with Gasteiger partial charge in [-0.3, -0.25) is 9.59 Å². The third-order valence-corrected chi connectivity index (χ3v) is 7.37. The second-order valence-corrected chi connectivity index (χ2v) is 9.43. The van der Waals surface area contributed by atoms with Gasteiger partial charge in [-0.15, -0.1) is 0 Å². The molecule has 2 heterocycles. The molecule has 2 aromatic rings. The summed E-state index contributed by atoms with van der Waals surface area (Å²) in [7, 11) is -3.88. The van der Waals surface area contributed by atoms with Crippen LogP contribution in [0.25, 0.3) is 0 Å². The molecule has 0 aliphatic carbocycles. The van der Waals surface area contributed by atoms with E-state index < -0.39 is 33.7 Å². The van der Waals surface area contributed by atoms with E-state index in [2.05, 4.69) is 5.32 Å². The molecule has 1 saturated heterocycles. The van der Waals surface area contributed by atoms with Crippen LogP contribution in [-0.2, 0) is 14.8 Å². The molecule has 2 amide bonds. The average molecular weight is 465 g/mol. The minimum absolute atomic E-state index is 0.00369. The highest BCUT2D eigenvalue weighted by Crippen LogP contribution is 2.33. The lowest BCUT2D eigenvalue weighted by Gasteiger charge is -2.34. The Hall–Kier alpha value is -3.05. The summed E-state index contributed by atoms with van der Waals surface area (Å²) < 4.78 is 59.5. The number of piperazine rings is 1. The van der Waals surface area contributed by atoms with Crippen molar-refractivity contribution in [3.05, 3.63) is 53.6 Å². The minimum Gasteiger partial charge on any atom is -0.478 e. The molecule has 0 unspecified atom stereocenters.